The third kappa shape index (κ3) is 2.94. The van der Waals surface area contributed by atoms with Crippen molar-refractivity contribution in [2.24, 2.45) is 4.99 Å². The van der Waals surface area contributed by atoms with Crippen LogP contribution in [0.25, 0.3) is 0 Å². The molecule has 0 bridgehead atoms. The van der Waals surface area contributed by atoms with Gasteiger partial charge in [0.15, 0.2) is 0 Å². The highest BCUT2D eigenvalue weighted by Crippen LogP contribution is 2.15. The van der Waals surface area contributed by atoms with Crippen LogP contribution >= 0.6 is 11.6 Å². The van der Waals surface area contributed by atoms with Crippen LogP contribution in [0.5, 0.6) is 0 Å². The Morgan fingerprint density at radius 1 is 0.938 bits per heavy atom. The predicted molar refractivity (Wildman–Crippen MR) is 69.2 cm³/mol. The second-order valence-electron chi connectivity index (χ2n) is 3.47. The number of hydrogen-bond donors (Lipinski definition) is 0. The lowest BCUT2D eigenvalue weighted by molar-refractivity contribution is 1.08. The van der Waals surface area contributed by atoms with Gasteiger partial charge in [0.2, 0.25) is 0 Å². The minimum atomic E-state index is 0.620. The maximum Gasteiger partial charge on any atom is 0.0654 e. The Bertz CT molecular complexity index is 477. The molecule has 0 unspecified atom stereocenters. The molecule has 0 aliphatic heterocycles. The van der Waals surface area contributed by atoms with Gasteiger partial charge in [0, 0.05) is 11.2 Å². The summed E-state index contributed by atoms with van der Waals surface area (Å²) >= 11 is 6.03. The Balaban J connectivity index is 2.03. The molecule has 2 aromatic rings. The summed E-state index contributed by atoms with van der Waals surface area (Å²) in [5, 5.41) is 0.771. The Labute approximate surface area is 100 Å². The molecule has 2 aromatic carbocycles. The fourth-order valence-electron chi connectivity index (χ4n) is 1.42. The van der Waals surface area contributed by atoms with Crippen molar-refractivity contribution in [3.05, 3.63) is 70.7 Å². The zero-order valence-electron chi connectivity index (χ0n) is 8.81. The zero-order valence-corrected chi connectivity index (χ0v) is 9.56. The lowest BCUT2D eigenvalue weighted by Gasteiger charge is -1.98. The molecule has 0 aromatic heterocycles. The molecule has 80 valence electrons. The molecule has 16 heavy (non-hydrogen) atoms. The minimum absolute atomic E-state index is 0.620. The van der Waals surface area contributed by atoms with Crippen molar-refractivity contribution in [2.45, 2.75) is 6.54 Å². The maximum atomic E-state index is 6.03. The molecule has 0 heterocycles. The highest BCUT2D eigenvalue weighted by Gasteiger charge is 1.95. The summed E-state index contributed by atoms with van der Waals surface area (Å²) < 4.78 is 0. The van der Waals surface area contributed by atoms with E-state index in [-0.39, 0.29) is 0 Å². The summed E-state index contributed by atoms with van der Waals surface area (Å²) in [6.07, 6.45) is 1.86. The molecule has 2 heteroatoms. The van der Waals surface area contributed by atoms with Crippen LogP contribution in [0.15, 0.2) is 59.6 Å². The second-order valence-corrected chi connectivity index (χ2v) is 3.88. The molecule has 0 N–H and O–H groups in total. The van der Waals surface area contributed by atoms with E-state index in [2.05, 4.69) is 4.99 Å². The number of nitrogens with zero attached hydrogens (tertiary/aromatic N) is 1. The van der Waals surface area contributed by atoms with Crippen molar-refractivity contribution >= 4 is 17.8 Å². The standard InChI is InChI=1S/C14H12ClN/c15-14-9-5-4-8-13(14)11-16-10-12-6-2-1-3-7-12/h1-10H,11H2. The SMILES string of the molecule is Clc1ccccc1CN=Cc1ccccc1. The van der Waals surface area contributed by atoms with Crippen LogP contribution in [0.4, 0.5) is 0 Å². The van der Waals surface area contributed by atoms with E-state index >= 15 is 0 Å². The molecule has 0 radical (unpaired) electrons. The Kier molecular flexibility index (Phi) is 3.73. The Hall–Kier alpha value is -1.60. The van der Waals surface area contributed by atoms with Gasteiger partial charge in [0.1, 0.15) is 0 Å². The van der Waals surface area contributed by atoms with E-state index in [1.807, 2.05) is 60.8 Å². The van der Waals surface area contributed by atoms with Gasteiger partial charge in [-0.3, -0.25) is 4.99 Å². The van der Waals surface area contributed by atoms with Crippen LogP contribution in [0.3, 0.4) is 0 Å². The molecule has 0 saturated carbocycles. The van der Waals surface area contributed by atoms with Gasteiger partial charge in [0.05, 0.1) is 6.54 Å². The average molecular weight is 230 g/mol. The Morgan fingerprint density at radius 2 is 1.62 bits per heavy atom. The van der Waals surface area contributed by atoms with Crippen molar-refractivity contribution < 1.29 is 0 Å². The van der Waals surface area contributed by atoms with Gasteiger partial charge in [-0.2, -0.15) is 0 Å². The highest BCUT2D eigenvalue weighted by atomic mass is 35.5. The number of benzene rings is 2. The molecule has 1 nitrogen and oxygen atoms in total. The fraction of sp³-hybridized carbons (Fsp3) is 0.0714. The van der Waals surface area contributed by atoms with E-state index in [1.54, 1.807) is 0 Å². The quantitative estimate of drug-likeness (QED) is 0.707. The topological polar surface area (TPSA) is 12.4 Å². The summed E-state index contributed by atoms with van der Waals surface area (Å²) in [4.78, 5) is 4.36. The molecule has 0 amide bonds. The number of hydrogen-bond acceptors (Lipinski definition) is 1. The van der Waals surface area contributed by atoms with Crippen LogP contribution in [0, 0.1) is 0 Å². The third-order valence-electron chi connectivity index (χ3n) is 2.26. The van der Waals surface area contributed by atoms with Gasteiger partial charge in [-0.15, -0.1) is 0 Å². The first-order valence-electron chi connectivity index (χ1n) is 5.14. The molecular formula is C14H12ClN. The molecule has 0 atom stereocenters. The summed E-state index contributed by atoms with van der Waals surface area (Å²) in [6.45, 7) is 0.620. The first kappa shape index (κ1) is 10.9. The zero-order chi connectivity index (χ0) is 11.2. The first-order chi connectivity index (χ1) is 7.86. The smallest absolute Gasteiger partial charge is 0.0654 e. The largest absolute Gasteiger partial charge is 0.288 e. The average Bonchev–Trinajstić information content (AvgIpc) is 2.33. The third-order valence-corrected chi connectivity index (χ3v) is 2.63. The molecule has 2 rings (SSSR count). The predicted octanol–water partition coefficient (Wildman–Crippen LogP) is 3.96. The number of rotatable bonds is 3. The lowest BCUT2D eigenvalue weighted by atomic mass is 10.2. The second kappa shape index (κ2) is 5.47. The summed E-state index contributed by atoms with van der Waals surface area (Å²) in [5.41, 5.74) is 2.16. The molecular weight excluding hydrogens is 218 g/mol. The number of aliphatic imine (C=N–C) groups is 1. The van der Waals surface area contributed by atoms with E-state index in [4.69, 9.17) is 11.6 Å². The van der Waals surface area contributed by atoms with Crippen LogP contribution in [-0.4, -0.2) is 6.21 Å². The van der Waals surface area contributed by atoms with Gasteiger partial charge >= 0.3 is 0 Å². The fourth-order valence-corrected chi connectivity index (χ4v) is 1.61. The van der Waals surface area contributed by atoms with E-state index in [0.29, 0.717) is 6.54 Å². The molecule has 0 fully saturated rings. The van der Waals surface area contributed by atoms with Crippen LogP contribution in [-0.2, 0) is 6.54 Å². The lowest BCUT2D eigenvalue weighted by Crippen LogP contribution is -1.85. The van der Waals surface area contributed by atoms with Gasteiger partial charge in [-0.25, -0.2) is 0 Å². The molecule has 0 spiro atoms. The van der Waals surface area contributed by atoms with Gasteiger partial charge in [0.25, 0.3) is 0 Å². The summed E-state index contributed by atoms with van der Waals surface area (Å²) in [7, 11) is 0. The van der Waals surface area contributed by atoms with Gasteiger partial charge in [-0.1, -0.05) is 60.1 Å². The van der Waals surface area contributed by atoms with E-state index in [1.165, 1.54) is 0 Å². The van der Waals surface area contributed by atoms with Crippen molar-refractivity contribution in [3.63, 3.8) is 0 Å². The maximum absolute atomic E-state index is 6.03. The summed E-state index contributed by atoms with van der Waals surface area (Å²) in [6, 6.07) is 17.8. The minimum Gasteiger partial charge on any atom is -0.288 e. The van der Waals surface area contributed by atoms with Crippen LogP contribution in [0.2, 0.25) is 5.02 Å². The van der Waals surface area contributed by atoms with Gasteiger partial charge in [-0.05, 0) is 17.2 Å². The van der Waals surface area contributed by atoms with Crippen molar-refractivity contribution in [3.8, 4) is 0 Å². The van der Waals surface area contributed by atoms with E-state index < -0.39 is 0 Å². The van der Waals surface area contributed by atoms with Gasteiger partial charge < -0.3 is 0 Å². The highest BCUT2D eigenvalue weighted by molar-refractivity contribution is 6.31. The summed E-state index contributed by atoms with van der Waals surface area (Å²) in [5.74, 6) is 0. The Morgan fingerprint density at radius 3 is 2.38 bits per heavy atom. The monoisotopic (exact) mass is 229 g/mol. The molecule has 0 aliphatic carbocycles. The molecule has 0 aliphatic rings. The molecule has 0 saturated heterocycles. The van der Waals surface area contributed by atoms with E-state index in [0.717, 1.165) is 16.1 Å². The first-order valence-corrected chi connectivity index (χ1v) is 5.52. The van der Waals surface area contributed by atoms with Crippen LogP contribution in [0.1, 0.15) is 11.1 Å². The van der Waals surface area contributed by atoms with Crippen molar-refractivity contribution in [1.82, 2.24) is 0 Å². The van der Waals surface area contributed by atoms with Crippen molar-refractivity contribution in [1.29, 1.82) is 0 Å². The van der Waals surface area contributed by atoms with E-state index in [9.17, 15) is 0 Å². The normalized spacial score (nSPS) is 10.8. The number of halogens is 1. The van der Waals surface area contributed by atoms with Crippen molar-refractivity contribution in [2.75, 3.05) is 0 Å². The van der Waals surface area contributed by atoms with Crippen LogP contribution < -0.4 is 0 Å².